The van der Waals surface area contributed by atoms with E-state index >= 15 is 0 Å². The van der Waals surface area contributed by atoms with E-state index in [1.807, 2.05) is 7.05 Å². The van der Waals surface area contributed by atoms with Crippen LogP contribution in [0.25, 0.3) is 10.6 Å². The van der Waals surface area contributed by atoms with Crippen LogP contribution in [-0.2, 0) is 6.42 Å². The second-order valence-electron chi connectivity index (χ2n) is 3.31. The van der Waals surface area contributed by atoms with Gasteiger partial charge < -0.3 is 5.32 Å². The highest BCUT2D eigenvalue weighted by Crippen LogP contribution is 2.26. The number of hydrogen-bond donors (Lipinski definition) is 1. The number of aromatic nitrogens is 1. The maximum Gasteiger partial charge on any atom is 0.0933 e. The van der Waals surface area contributed by atoms with Gasteiger partial charge in [-0.2, -0.15) is 0 Å². The first-order chi connectivity index (χ1) is 7.40. The molecule has 0 fully saturated rings. The largest absolute Gasteiger partial charge is 0.320 e. The maximum atomic E-state index is 4.63. The average molecular weight is 238 g/mol. The fourth-order valence-corrected chi connectivity index (χ4v) is 2.98. The van der Waals surface area contributed by atoms with Gasteiger partial charge in [0.2, 0.25) is 0 Å². The number of nitrogens with zero attached hydrogens (tertiary/aromatic N) is 1. The van der Waals surface area contributed by atoms with Crippen molar-refractivity contribution in [2.75, 3.05) is 13.6 Å². The lowest BCUT2D eigenvalue weighted by molar-refractivity contribution is 0.722. The summed E-state index contributed by atoms with van der Waals surface area (Å²) in [6.45, 7) is 1.06. The van der Waals surface area contributed by atoms with E-state index in [0.29, 0.717) is 0 Å². The Morgan fingerprint density at radius 2 is 2.33 bits per heavy atom. The lowest BCUT2D eigenvalue weighted by Crippen LogP contribution is -2.08. The van der Waals surface area contributed by atoms with Gasteiger partial charge in [-0.15, -0.1) is 22.7 Å². The molecule has 0 amide bonds. The molecule has 2 aromatic heterocycles. The van der Waals surface area contributed by atoms with E-state index < -0.39 is 0 Å². The van der Waals surface area contributed by atoms with Crippen LogP contribution in [0.1, 0.15) is 11.4 Å². The molecule has 1 N–H and O–H groups in total. The minimum Gasteiger partial charge on any atom is -0.320 e. The summed E-state index contributed by atoms with van der Waals surface area (Å²) in [6.07, 6.45) is 2.24. The molecule has 0 radical (unpaired) electrons. The van der Waals surface area contributed by atoms with Gasteiger partial charge in [0, 0.05) is 11.8 Å². The Bertz CT molecular complexity index is 392. The summed E-state index contributed by atoms with van der Waals surface area (Å²) in [5.41, 5.74) is 1.13. The van der Waals surface area contributed by atoms with Crippen molar-refractivity contribution < 1.29 is 0 Å². The molecule has 4 heteroatoms. The molecule has 0 saturated carbocycles. The van der Waals surface area contributed by atoms with Crippen molar-refractivity contribution in [2.45, 2.75) is 12.8 Å². The van der Waals surface area contributed by atoms with Crippen molar-refractivity contribution in [3.63, 3.8) is 0 Å². The number of thiophene rings is 1. The third-order valence-corrected chi connectivity index (χ3v) is 3.94. The molecule has 0 aliphatic carbocycles. The Balaban J connectivity index is 1.98. The Morgan fingerprint density at radius 1 is 1.40 bits per heavy atom. The quantitative estimate of drug-likeness (QED) is 0.810. The van der Waals surface area contributed by atoms with Gasteiger partial charge in [-0.1, -0.05) is 6.07 Å². The number of aryl methyl sites for hydroxylation is 1. The van der Waals surface area contributed by atoms with Crippen LogP contribution in [0, 0.1) is 0 Å². The fourth-order valence-electron chi connectivity index (χ4n) is 1.38. The lowest BCUT2D eigenvalue weighted by atomic mass is 10.3. The summed E-state index contributed by atoms with van der Waals surface area (Å²) in [5, 5.41) is 8.64. The molecule has 2 rings (SSSR count). The van der Waals surface area contributed by atoms with Gasteiger partial charge in [-0.3, -0.25) is 0 Å². The normalized spacial score (nSPS) is 10.7. The molecule has 0 aliphatic heterocycles. The van der Waals surface area contributed by atoms with Crippen LogP contribution in [0.3, 0.4) is 0 Å². The molecule has 0 aliphatic rings. The molecule has 0 spiro atoms. The van der Waals surface area contributed by atoms with Gasteiger partial charge in [0.1, 0.15) is 0 Å². The van der Waals surface area contributed by atoms with E-state index in [9.17, 15) is 0 Å². The second-order valence-corrected chi connectivity index (χ2v) is 5.20. The van der Waals surface area contributed by atoms with Crippen molar-refractivity contribution >= 4 is 22.7 Å². The van der Waals surface area contributed by atoms with E-state index in [0.717, 1.165) is 25.1 Å². The smallest absolute Gasteiger partial charge is 0.0933 e. The second kappa shape index (κ2) is 5.39. The summed E-state index contributed by atoms with van der Waals surface area (Å²) in [6, 6.07) is 4.19. The van der Waals surface area contributed by atoms with E-state index in [2.05, 4.69) is 33.2 Å². The number of hydrogen-bond acceptors (Lipinski definition) is 4. The summed E-state index contributed by atoms with van der Waals surface area (Å²) in [5.74, 6) is 0. The summed E-state index contributed by atoms with van der Waals surface area (Å²) in [4.78, 5) is 5.90. The maximum absolute atomic E-state index is 4.63. The topological polar surface area (TPSA) is 24.9 Å². The van der Waals surface area contributed by atoms with E-state index in [4.69, 9.17) is 0 Å². The van der Waals surface area contributed by atoms with Gasteiger partial charge in [0.15, 0.2) is 0 Å². The predicted octanol–water partition coefficient (Wildman–Crippen LogP) is 3.02. The van der Waals surface area contributed by atoms with Crippen LogP contribution in [0.15, 0.2) is 22.9 Å². The first kappa shape index (κ1) is 10.8. The summed E-state index contributed by atoms with van der Waals surface area (Å²) < 4.78 is 0. The van der Waals surface area contributed by atoms with Crippen LogP contribution in [0.4, 0.5) is 0 Å². The Kier molecular flexibility index (Phi) is 3.88. The Hall–Kier alpha value is -0.710. The zero-order chi connectivity index (χ0) is 10.5. The number of thiazole rings is 1. The van der Waals surface area contributed by atoms with Gasteiger partial charge in [-0.25, -0.2) is 4.98 Å². The molecule has 2 heterocycles. The zero-order valence-corrected chi connectivity index (χ0v) is 10.3. The number of nitrogens with one attached hydrogen (secondary N) is 1. The van der Waals surface area contributed by atoms with Crippen molar-refractivity contribution in [2.24, 2.45) is 0 Å². The van der Waals surface area contributed by atoms with Crippen LogP contribution < -0.4 is 5.32 Å². The molecule has 15 heavy (non-hydrogen) atoms. The van der Waals surface area contributed by atoms with Crippen LogP contribution >= 0.6 is 22.7 Å². The molecule has 2 aromatic rings. The highest BCUT2D eigenvalue weighted by molar-refractivity contribution is 7.14. The van der Waals surface area contributed by atoms with Crippen LogP contribution in [0.5, 0.6) is 0 Å². The lowest BCUT2D eigenvalue weighted by Gasteiger charge is -1.95. The molecule has 0 aromatic carbocycles. The Labute approximate surface area is 98.0 Å². The summed E-state index contributed by atoms with van der Waals surface area (Å²) in [7, 11) is 1.99. The molecule has 0 unspecified atom stereocenters. The molecule has 2 nitrogen and oxygen atoms in total. The third-order valence-electron chi connectivity index (χ3n) is 2.14. The monoisotopic (exact) mass is 238 g/mol. The fraction of sp³-hybridized carbons (Fsp3) is 0.364. The van der Waals surface area contributed by atoms with Crippen molar-refractivity contribution in [1.82, 2.24) is 10.3 Å². The molecule has 0 atom stereocenters. The third kappa shape index (κ3) is 2.87. The Morgan fingerprint density at radius 3 is 3.07 bits per heavy atom. The summed E-state index contributed by atoms with van der Waals surface area (Å²) >= 11 is 3.52. The van der Waals surface area contributed by atoms with Crippen LogP contribution in [0.2, 0.25) is 0 Å². The van der Waals surface area contributed by atoms with Crippen molar-refractivity contribution in [1.29, 1.82) is 0 Å². The van der Waals surface area contributed by atoms with Crippen molar-refractivity contribution in [3.05, 3.63) is 27.9 Å². The highest BCUT2D eigenvalue weighted by Gasteiger charge is 2.04. The SMILES string of the molecule is CNCCCc1nc(-c2cccs2)cs1. The molecular weight excluding hydrogens is 224 g/mol. The van der Waals surface area contributed by atoms with Crippen molar-refractivity contribution in [3.8, 4) is 10.6 Å². The minimum atomic E-state index is 1.06. The average Bonchev–Trinajstić information content (AvgIpc) is 2.87. The highest BCUT2D eigenvalue weighted by atomic mass is 32.1. The van der Waals surface area contributed by atoms with Gasteiger partial charge in [0.05, 0.1) is 15.6 Å². The van der Waals surface area contributed by atoms with Gasteiger partial charge in [0.25, 0.3) is 0 Å². The standard InChI is InChI=1S/C11H14N2S2/c1-12-6-2-5-11-13-9(8-15-11)10-4-3-7-14-10/h3-4,7-8,12H,2,5-6H2,1H3. The predicted molar refractivity (Wildman–Crippen MR) is 67.7 cm³/mol. The van der Waals surface area contributed by atoms with Crippen LogP contribution in [-0.4, -0.2) is 18.6 Å². The molecule has 0 bridgehead atoms. The zero-order valence-electron chi connectivity index (χ0n) is 8.69. The first-order valence-electron chi connectivity index (χ1n) is 5.03. The molecule has 0 saturated heterocycles. The molecular formula is C11H14N2S2. The van der Waals surface area contributed by atoms with Gasteiger partial charge >= 0.3 is 0 Å². The molecule has 80 valence electrons. The minimum absolute atomic E-state index is 1.06. The van der Waals surface area contributed by atoms with Gasteiger partial charge in [-0.05, 0) is 31.5 Å². The van der Waals surface area contributed by atoms with E-state index in [1.54, 1.807) is 22.7 Å². The number of rotatable bonds is 5. The van der Waals surface area contributed by atoms with E-state index in [-0.39, 0.29) is 0 Å². The first-order valence-corrected chi connectivity index (χ1v) is 6.79. The van der Waals surface area contributed by atoms with E-state index in [1.165, 1.54) is 9.88 Å².